The number of anilines is 2. The molecule has 3 rings (SSSR count). The Labute approximate surface area is 138 Å². The molecule has 7 nitrogen and oxygen atoms in total. The van der Waals surface area contributed by atoms with Gasteiger partial charge in [0.15, 0.2) is 11.5 Å². The van der Waals surface area contributed by atoms with E-state index >= 15 is 0 Å². The van der Waals surface area contributed by atoms with Gasteiger partial charge in [0.2, 0.25) is 0 Å². The number of benzene rings is 2. The molecule has 24 heavy (non-hydrogen) atoms. The fraction of sp³-hybridized carbons (Fsp3) is 0.0588. The lowest BCUT2D eigenvalue weighted by atomic mass is 10.3. The molecule has 2 amide bonds. The zero-order valence-corrected chi connectivity index (χ0v) is 12.9. The number of aromatic nitrogens is 2. The summed E-state index contributed by atoms with van der Waals surface area (Å²) in [6.07, 6.45) is 0. The van der Waals surface area contributed by atoms with Gasteiger partial charge in [0.1, 0.15) is 5.82 Å². The Hall–Kier alpha value is -3.48. The molecule has 1 heterocycles. The third-order valence-electron chi connectivity index (χ3n) is 3.31. The van der Waals surface area contributed by atoms with Crippen LogP contribution < -0.4 is 10.6 Å². The van der Waals surface area contributed by atoms with E-state index in [2.05, 4.69) is 15.7 Å². The number of amides is 2. The fourth-order valence-electron chi connectivity index (χ4n) is 2.23. The summed E-state index contributed by atoms with van der Waals surface area (Å²) in [4.78, 5) is 12.2. The summed E-state index contributed by atoms with van der Waals surface area (Å²) >= 11 is 0. The maximum Gasteiger partial charge on any atom is 0.324 e. The summed E-state index contributed by atoms with van der Waals surface area (Å²) in [6, 6.07) is 14.7. The maximum atomic E-state index is 12.2. The first-order valence-corrected chi connectivity index (χ1v) is 7.25. The van der Waals surface area contributed by atoms with Gasteiger partial charge in [-0.05, 0) is 31.2 Å². The Kier molecular flexibility index (Phi) is 4.07. The van der Waals surface area contributed by atoms with Crippen molar-refractivity contribution in [3.8, 4) is 17.2 Å². The van der Waals surface area contributed by atoms with Crippen molar-refractivity contribution in [2.75, 3.05) is 10.6 Å². The molecule has 0 fully saturated rings. The monoisotopic (exact) mass is 324 g/mol. The van der Waals surface area contributed by atoms with Crippen LogP contribution in [-0.2, 0) is 0 Å². The molecule has 0 aliphatic heterocycles. The topological polar surface area (TPSA) is 99.4 Å². The number of rotatable bonds is 3. The van der Waals surface area contributed by atoms with Crippen molar-refractivity contribution in [3.05, 3.63) is 60.3 Å². The van der Waals surface area contributed by atoms with Crippen molar-refractivity contribution in [1.29, 1.82) is 0 Å². The molecule has 0 aliphatic rings. The maximum absolute atomic E-state index is 12.2. The van der Waals surface area contributed by atoms with Crippen LogP contribution in [0.3, 0.4) is 0 Å². The highest BCUT2D eigenvalue weighted by Gasteiger charge is 2.11. The molecule has 0 spiro atoms. The lowest BCUT2D eigenvalue weighted by Gasteiger charge is -2.10. The SMILES string of the molecule is Cc1cc(NC(=O)Nc2ccc(O)c(O)c2)n(-c2ccccc2)n1. The molecule has 0 radical (unpaired) electrons. The third kappa shape index (κ3) is 3.30. The van der Waals surface area contributed by atoms with Gasteiger partial charge in [0, 0.05) is 17.8 Å². The minimum Gasteiger partial charge on any atom is -0.504 e. The standard InChI is InChI=1S/C17H16N4O3/c1-11-9-16(21(20-11)13-5-3-2-4-6-13)19-17(24)18-12-7-8-14(22)15(23)10-12/h2-10,22-23H,1H3,(H2,18,19,24). The Morgan fingerprint density at radius 2 is 1.75 bits per heavy atom. The van der Waals surface area contributed by atoms with Gasteiger partial charge >= 0.3 is 6.03 Å². The van der Waals surface area contributed by atoms with Crippen LogP contribution in [0.15, 0.2) is 54.6 Å². The van der Waals surface area contributed by atoms with E-state index in [0.29, 0.717) is 11.5 Å². The Balaban J connectivity index is 1.78. The lowest BCUT2D eigenvalue weighted by Crippen LogP contribution is -2.21. The van der Waals surface area contributed by atoms with Crippen molar-refractivity contribution < 1.29 is 15.0 Å². The van der Waals surface area contributed by atoms with Gasteiger partial charge in [-0.2, -0.15) is 5.10 Å². The molecule has 0 aliphatic carbocycles. The van der Waals surface area contributed by atoms with Crippen LogP contribution in [0.5, 0.6) is 11.5 Å². The predicted octanol–water partition coefficient (Wildman–Crippen LogP) is 3.24. The molecule has 2 aromatic carbocycles. The lowest BCUT2D eigenvalue weighted by molar-refractivity contribution is 0.262. The van der Waals surface area contributed by atoms with Crippen molar-refractivity contribution in [2.24, 2.45) is 0 Å². The first-order chi connectivity index (χ1) is 11.5. The van der Waals surface area contributed by atoms with Gasteiger partial charge < -0.3 is 15.5 Å². The van der Waals surface area contributed by atoms with E-state index in [1.807, 2.05) is 37.3 Å². The number of aromatic hydroxyl groups is 2. The van der Waals surface area contributed by atoms with Crippen LogP contribution in [-0.4, -0.2) is 26.0 Å². The number of phenolic OH excluding ortho intramolecular Hbond substituents is 2. The second-order valence-corrected chi connectivity index (χ2v) is 5.20. The summed E-state index contributed by atoms with van der Waals surface area (Å²) in [6.45, 7) is 1.83. The number of aryl methyl sites for hydroxylation is 1. The second-order valence-electron chi connectivity index (χ2n) is 5.20. The Bertz CT molecular complexity index is 875. The number of hydrogen-bond donors (Lipinski definition) is 4. The number of nitrogens with zero attached hydrogens (tertiary/aromatic N) is 2. The predicted molar refractivity (Wildman–Crippen MR) is 90.7 cm³/mol. The highest BCUT2D eigenvalue weighted by atomic mass is 16.3. The molecule has 0 saturated heterocycles. The van der Waals surface area contributed by atoms with E-state index < -0.39 is 6.03 Å². The smallest absolute Gasteiger partial charge is 0.324 e. The van der Waals surface area contributed by atoms with Crippen molar-refractivity contribution in [3.63, 3.8) is 0 Å². The normalized spacial score (nSPS) is 10.4. The Morgan fingerprint density at radius 1 is 1.00 bits per heavy atom. The number of phenols is 2. The van der Waals surface area contributed by atoms with E-state index in [4.69, 9.17) is 0 Å². The summed E-state index contributed by atoms with van der Waals surface area (Å²) in [5, 5.41) is 28.4. The van der Waals surface area contributed by atoms with Crippen molar-refractivity contribution in [2.45, 2.75) is 6.92 Å². The summed E-state index contributed by atoms with van der Waals surface area (Å²) in [7, 11) is 0. The van der Waals surface area contributed by atoms with Crippen molar-refractivity contribution in [1.82, 2.24) is 9.78 Å². The highest BCUT2D eigenvalue weighted by molar-refractivity contribution is 5.99. The van der Waals surface area contributed by atoms with E-state index in [-0.39, 0.29) is 11.5 Å². The fourth-order valence-corrected chi connectivity index (χ4v) is 2.23. The van der Waals surface area contributed by atoms with Gasteiger partial charge in [0.25, 0.3) is 0 Å². The number of carbonyl (C=O) groups excluding carboxylic acids is 1. The van der Waals surface area contributed by atoms with E-state index in [9.17, 15) is 15.0 Å². The summed E-state index contributed by atoms with van der Waals surface area (Å²) in [5.74, 6) is -0.0455. The summed E-state index contributed by atoms with van der Waals surface area (Å²) in [5.41, 5.74) is 1.94. The minimum absolute atomic E-state index is 0.251. The molecule has 7 heteroatoms. The van der Waals surface area contributed by atoms with Gasteiger partial charge in [-0.1, -0.05) is 18.2 Å². The van der Waals surface area contributed by atoms with Crippen molar-refractivity contribution >= 4 is 17.5 Å². The number of nitrogens with one attached hydrogen (secondary N) is 2. The molecule has 4 N–H and O–H groups in total. The number of hydrogen-bond acceptors (Lipinski definition) is 4. The van der Waals surface area contributed by atoms with Gasteiger partial charge in [-0.15, -0.1) is 0 Å². The van der Waals surface area contributed by atoms with E-state index in [0.717, 1.165) is 11.4 Å². The largest absolute Gasteiger partial charge is 0.504 e. The number of urea groups is 1. The highest BCUT2D eigenvalue weighted by Crippen LogP contribution is 2.27. The zero-order chi connectivity index (χ0) is 17.1. The molecule has 122 valence electrons. The van der Waals surface area contributed by atoms with Crippen LogP contribution in [0.25, 0.3) is 5.69 Å². The molecule has 0 bridgehead atoms. The zero-order valence-electron chi connectivity index (χ0n) is 12.9. The molecule has 0 unspecified atom stereocenters. The molecule has 3 aromatic rings. The van der Waals surface area contributed by atoms with Gasteiger partial charge in [-0.25, -0.2) is 9.48 Å². The molecule has 0 atom stereocenters. The minimum atomic E-state index is -0.489. The van der Waals surface area contributed by atoms with Gasteiger partial charge in [-0.3, -0.25) is 5.32 Å². The first kappa shape index (κ1) is 15.4. The number of carbonyl (C=O) groups is 1. The van der Waals surface area contributed by atoms with Crippen LogP contribution in [0.2, 0.25) is 0 Å². The van der Waals surface area contributed by atoms with Crippen LogP contribution in [0.1, 0.15) is 5.69 Å². The quantitative estimate of drug-likeness (QED) is 0.439. The molecule has 0 saturated carbocycles. The third-order valence-corrected chi connectivity index (χ3v) is 3.31. The summed E-state index contributed by atoms with van der Waals surface area (Å²) < 4.78 is 1.63. The molecular weight excluding hydrogens is 308 g/mol. The van der Waals surface area contributed by atoms with E-state index in [1.54, 1.807) is 10.7 Å². The Morgan fingerprint density at radius 3 is 2.46 bits per heavy atom. The molecule has 1 aromatic heterocycles. The van der Waals surface area contributed by atoms with E-state index in [1.165, 1.54) is 18.2 Å². The second kappa shape index (κ2) is 6.33. The first-order valence-electron chi connectivity index (χ1n) is 7.25. The van der Waals surface area contributed by atoms with Crippen LogP contribution in [0.4, 0.5) is 16.3 Å². The van der Waals surface area contributed by atoms with Gasteiger partial charge in [0.05, 0.1) is 11.4 Å². The number of para-hydroxylation sites is 1. The van der Waals surface area contributed by atoms with Crippen LogP contribution in [0, 0.1) is 6.92 Å². The average Bonchev–Trinajstić information content (AvgIpc) is 2.92. The van der Waals surface area contributed by atoms with Crippen LogP contribution >= 0.6 is 0 Å². The molecular formula is C17H16N4O3. The average molecular weight is 324 g/mol.